The van der Waals surface area contributed by atoms with Gasteiger partial charge in [0.25, 0.3) is 0 Å². The zero-order chi connectivity index (χ0) is 14.9. The monoisotopic (exact) mass is 299 g/mol. The maximum atomic E-state index is 12.6. The standard InChI is InChI=1S/C15H17N5O2/c21-15(11-7-8-22-14(11)10-5-6-10)17-12-3-1-2-4-13(12)20-9-16-18-19-20/h1-4,9-11,14H,5-8H2,(H,17,21)/t11-,14+/m1/s1. The molecule has 0 unspecified atom stereocenters. The van der Waals surface area contributed by atoms with E-state index in [1.165, 1.54) is 19.2 Å². The maximum Gasteiger partial charge on any atom is 0.230 e. The molecule has 7 nitrogen and oxygen atoms in total. The summed E-state index contributed by atoms with van der Waals surface area (Å²) in [6, 6.07) is 7.50. The number of ether oxygens (including phenoxy) is 1. The molecular formula is C15H17N5O2. The predicted octanol–water partition coefficient (Wildman–Crippen LogP) is 1.42. The van der Waals surface area contributed by atoms with E-state index < -0.39 is 0 Å². The summed E-state index contributed by atoms with van der Waals surface area (Å²) in [5.41, 5.74) is 1.46. The van der Waals surface area contributed by atoms with Gasteiger partial charge in [-0.3, -0.25) is 4.79 Å². The molecule has 1 amide bonds. The van der Waals surface area contributed by atoms with Crippen LogP contribution in [-0.4, -0.2) is 38.8 Å². The molecule has 1 saturated heterocycles. The van der Waals surface area contributed by atoms with Gasteiger partial charge < -0.3 is 10.1 Å². The topological polar surface area (TPSA) is 81.9 Å². The summed E-state index contributed by atoms with van der Waals surface area (Å²) >= 11 is 0. The van der Waals surface area contributed by atoms with Crippen molar-refractivity contribution in [2.75, 3.05) is 11.9 Å². The second-order valence-electron chi connectivity index (χ2n) is 5.83. The normalized spacial score (nSPS) is 24.4. The number of nitrogens with one attached hydrogen (secondary N) is 1. The molecule has 1 aliphatic carbocycles. The molecule has 22 heavy (non-hydrogen) atoms. The highest BCUT2D eigenvalue weighted by molar-refractivity contribution is 5.95. The van der Waals surface area contributed by atoms with Crippen molar-refractivity contribution in [3.63, 3.8) is 0 Å². The van der Waals surface area contributed by atoms with Gasteiger partial charge in [0, 0.05) is 6.61 Å². The van der Waals surface area contributed by atoms with Crippen LogP contribution in [0.3, 0.4) is 0 Å². The Bertz CT molecular complexity index is 668. The van der Waals surface area contributed by atoms with Gasteiger partial charge in [0.05, 0.1) is 23.4 Å². The van der Waals surface area contributed by atoms with Crippen molar-refractivity contribution in [3.8, 4) is 5.69 Å². The van der Waals surface area contributed by atoms with E-state index in [9.17, 15) is 4.79 Å². The average molecular weight is 299 g/mol. The number of benzene rings is 1. The van der Waals surface area contributed by atoms with Crippen molar-refractivity contribution < 1.29 is 9.53 Å². The molecule has 2 heterocycles. The van der Waals surface area contributed by atoms with Crippen LogP contribution in [0.1, 0.15) is 19.3 Å². The van der Waals surface area contributed by atoms with Gasteiger partial charge in [-0.25, -0.2) is 0 Å². The summed E-state index contributed by atoms with van der Waals surface area (Å²) in [7, 11) is 0. The van der Waals surface area contributed by atoms with Crippen molar-refractivity contribution >= 4 is 11.6 Å². The SMILES string of the molecule is O=C(Nc1ccccc1-n1cnnn1)[C@@H]1CCO[C@H]1C1CC1. The zero-order valence-electron chi connectivity index (χ0n) is 12.1. The van der Waals surface area contributed by atoms with Crippen LogP contribution < -0.4 is 5.32 Å². The molecule has 1 aromatic carbocycles. The zero-order valence-corrected chi connectivity index (χ0v) is 12.1. The molecule has 114 valence electrons. The second kappa shape index (κ2) is 5.49. The molecule has 0 radical (unpaired) electrons. The van der Waals surface area contributed by atoms with Crippen LogP contribution in [0.4, 0.5) is 5.69 Å². The fourth-order valence-electron chi connectivity index (χ4n) is 3.06. The number of rotatable bonds is 4. The van der Waals surface area contributed by atoms with E-state index in [1.54, 1.807) is 4.68 Å². The molecule has 7 heteroatoms. The number of carbonyl (C=O) groups is 1. The third kappa shape index (κ3) is 2.48. The Hall–Kier alpha value is -2.28. The largest absolute Gasteiger partial charge is 0.377 e. The number of hydrogen-bond acceptors (Lipinski definition) is 5. The van der Waals surface area contributed by atoms with E-state index in [0.717, 1.165) is 12.1 Å². The first-order valence-electron chi connectivity index (χ1n) is 7.58. The van der Waals surface area contributed by atoms with Gasteiger partial charge in [0.1, 0.15) is 6.33 Å². The van der Waals surface area contributed by atoms with Gasteiger partial charge in [-0.1, -0.05) is 12.1 Å². The van der Waals surface area contributed by atoms with E-state index in [2.05, 4.69) is 20.8 Å². The minimum absolute atomic E-state index is 0.0231. The Labute approximate surface area is 127 Å². The van der Waals surface area contributed by atoms with Gasteiger partial charge >= 0.3 is 0 Å². The second-order valence-corrected chi connectivity index (χ2v) is 5.83. The number of amides is 1. The molecule has 0 spiro atoms. The highest BCUT2D eigenvalue weighted by Gasteiger charge is 2.43. The average Bonchev–Trinajstić information content (AvgIpc) is 3.05. The van der Waals surface area contributed by atoms with Crippen molar-refractivity contribution in [2.45, 2.75) is 25.4 Å². The third-order valence-electron chi connectivity index (χ3n) is 4.32. The van der Waals surface area contributed by atoms with Crippen molar-refractivity contribution in [3.05, 3.63) is 30.6 Å². The van der Waals surface area contributed by atoms with E-state index in [4.69, 9.17) is 4.74 Å². The van der Waals surface area contributed by atoms with Crippen LogP contribution in [0.5, 0.6) is 0 Å². The van der Waals surface area contributed by atoms with Crippen molar-refractivity contribution in [2.24, 2.45) is 11.8 Å². The first kappa shape index (κ1) is 13.4. The Morgan fingerprint density at radius 3 is 2.91 bits per heavy atom. The molecule has 2 aromatic rings. The molecule has 1 N–H and O–H groups in total. The minimum atomic E-state index is -0.0607. The van der Waals surface area contributed by atoms with Gasteiger partial charge in [0.2, 0.25) is 5.91 Å². The summed E-state index contributed by atoms with van der Waals surface area (Å²) in [5, 5.41) is 14.2. The van der Waals surface area contributed by atoms with Gasteiger partial charge in [-0.2, -0.15) is 4.68 Å². The number of tetrazole rings is 1. The van der Waals surface area contributed by atoms with E-state index in [1.807, 2.05) is 24.3 Å². The summed E-state index contributed by atoms with van der Waals surface area (Å²) in [6.07, 6.45) is 4.74. The number of para-hydroxylation sites is 2. The van der Waals surface area contributed by atoms with Crippen molar-refractivity contribution in [1.82, 2.24) is 20.2 Å². The summed E-state index contributed by atoms with van der Waals surface area (Å²) in [4.78, 5) is 12.6. The molecule has 1 aliphatic heterocycles. The van der Waals surface area contributed by atoms with Gasteiger partial charge in [0.15, 0.2) is 0 Å². The molecule has 1 saturated carbocycles. The lowest BCUT2D eigenvalue weighted by atomic mass is 9.97. The molecule has 1 aromatic heterocycles. The number of anilines is 1. The van der Waals surface area contributed by atoms with E-state index in [-0.39, 0.29) is 17.9 Å². The van der Waals surface area contributed by atoms with Crippen LogP contribution in [0.15, 0.2) is 30.6 Å². The molecule has 2 atom stereocenters. The molecule has 2 fully saturated rings. The number of aromatic nitrogens is 4. The Kier molecular flexibility index (Phi) is 3.34. The molecule has 2 aliphatic rings. The first-order chi connectivity index (χ1) is 10.8. The highest BCUT2D eigenvalue weighted by atomic mass is 16.5. The fourth-order valence-corrected chi connectivity index (χ4v) is 3.06. The summed E-state index contributed by atoms with van der Waals surface area (Å²) in [5.74, 6) is 0.525. The lowest BCUT2D eigenvalue weighted by Gasteiger charge is -2.18. The quantitative estimate of drug-likeness (QED) is 0.923. The summed E-state index contributed by atoms with van der Waals surface area (Å²) in [6.45, 7) is 0.675. The number of nitrogens with zero attached hydrogens (tertiary/aromatic N) is 4. The highest BCUT2D eigenvalue weighted by Crippen LogP contribution is 2.41. The van der Waals surface area contributed by atoms with Crippen molar-refractivity contribution in [1.29, 1.82) is 0 Å². The lowest BCUT2D eigenvalue weighted by Crippen LogP contribution is -2.31. The van der Waals surface area contributed by atoms with E-state index in [0.29, 0.717) is 18.2 Å². The van der Waals surface area contributed by atoms with Crippen LogP contribution >= 0.6 is 0 Å². The van der Waals surface area contributed by atoms with Crippen LogP contribution in [0.2, 0.25) is 0 Å². The fraction of sp³-hybridized carbons (Fsp3) is 0.467. The minimum Gasteiger partial charge on any atom is -0.377 e. The Morgan fingerprint density at radius 2 is 2.14 bits per heavy atom. The molecule has 0 bridgehead atoms. The first-order valence-corrected chi connectivity index (χ1v) is 7.58. The Balaban J connectivity index is 1.55. The number of hydrogen-bond donors (Lipinski definition) is 1. The van der Waals surface area contributed by atoms with Crippen LogP contribution in [0, 0.1) is 11.8 Å². The lowest BCUT2D eigenvalue weighted by molar-refractivity contribution is -0.121. The molecular weight excluding hydrogens is 282 g/mol. The van der Waals surface area contributed by atoms with Crippen LogP contribution in [0.25, 0.3) is 5.69 Å². The Morgan fingerprint density at radius 1 is 1.27 bits per heavy atom. The number of carbonyl (C=O) groups excluding carboxylic acids is 1. The third-order valence-corrected chi connectivity index (χ3v) is 4.32. The van der Waals surface area contributed by atoms with Crippen LogP contribution in [-0.2, 0) is 9.53 Å². The summed E-state index contributed by atoms with van der Waals surface area (Å²) < 4.78 is 7.29. The van der Waals surface area contributed by atoms with Gasteiger partial charge in [-0.15, -0.1) is 5.10 Å². The smallest absolute Gasteiger partial charge is 0.230 e. The molecule has 4 rings (SSSR count). The predicted molar refractivity (Wildman–Crippen MR) is 78.4 cm³/mol. The van der Waals surface area contributed by atoms with E-state index >= 15 is 0 Å². The maximum absolute atomic E-state index is 12.6. The van der Waals surface area contributed by atoms with Gasteiger partial charge in [-0.05, 0) is 47.7 Å².